The first-order valence-corrected chi connectivity index (χ1v) is 8.39. The van der Waals surface area contributed by atoms with E-state index in [1.165, 1.54) is 9.75 Å². The molecule has 0 aliphatic rings. The number of hydrogen-bond acceptors (Lipinski definition) is 2. The van der Waals surface area contributed by atoms with Crippen LogP contribution in [0.3, 0.4) is 0 Å². The molecule has 102 valence electrons. The molecule has 0 fully saturated rings. The Balaban J connectivity index is 2.23. The van der Waals surface area contributed by atoms with Crippen LogP contribution in [0.5, 0.6) is 0 Å². The molecule has 2 rings (SSSR count). The summed E-state index contributed by atoms with van der Waals surface area (Å²) in [5.74, 6) is 0. The zero-order valence-electron chi connectivity index (χ0n) is 11.0. The van der Waals surface area contributed by atoms with Crippen molar-refractivity contribution in [1.82, 2.24) is 5.32 Å². The second kappa shape index (κ2) is 6.89. The van der Waals surface area contributed by atoms with Gasteiger partial charge in [0.15, 0.2) is 0 Å². The Kier molecular flexibility index (Phi) is 5.46. The third-order valence-corrected chi connectivity index (χ3v) is 5.07. The second-order valence-corrected chi connectivity index (χ2v) is 6.94. The van der Waals surface area contributed by atoms with Crippen LogP contribution in [0.15, 0.2) is 34.8 Å². The lowest BCUT2D eigenvalue weighted by Crippen LogP contribution is -2.18. The van der Waals surface area contributed by atoms with Gasteiger partial charge in [-0.05, 0) is 50.2 Å². The van der Waals surface area contributed by atoms with E-state index >= 15 is 0 Å². The van der Waals surface area contributed by atoms with Crippen LogP contribution < -0.4 is 5.32 Å². The minimum Gasteiger partial charge on any atom is -0.309 e. The van der Waals surface area contributed by atoms with Crippen molar-refractivity contribution in [3.63, 3.8) is 0 Å². The van der Waals surface area contributed by atoms with Crippen molar-refractivity contribution in [3.8, 4) is 10.4 Å². The minimum absolute atomic E-state index is 0.393. The standard InChI is InChI=1S/C15H17BrClNS/c1-3-8-18-10(2)14-6-7-15(19-14)12-9-11(16)4-5-13(12)17/h4-7,9-10,18H,3,8H2,1-2H3. The van der Waals surface area contributed by atoms with Gasteiger partial charge in [-0.15, -0.1) is 11.3 Å². The maximum atomic E-state index is 6.27. The average molecular weight is 359 g/mol. The summed E-state index contributed by atoms with van der Waals surface area (Å²) < 4.78 is 1.05. The minimum atomic E-state index is 0.393. The van der Waals surface area contributed by atoms with Crippen LogP contribution in [-0.4, -0.2) is 6.54 Å². The zero-order valence-corrected chi connectivity index (χ0v) is 14.2. The van der Waals surface area contributed by atoms with Crippen molar-refractivity contribution in [2.24, 2.45) is 0 Å². The van der Waals surface area contributed by atoms with Gasteiger partial charge in [0.1, 0.15) is 0 Å². The summed E-state index contributed by atoms with van der Waals surface area (Å²) in [5, 5.41) is 4.30. The van der Waals surface area contributed by atoms with E-state index in [2.05, 4.69) is 53.3 Å². The van der Waals surface area contributed by atoms with Crippen LogP contribution in [0, 0.1) is 0 Å². The predicted molar refractivity (Wildman–Crippen MR) is 89.2 cm³/mol. The molecule has 1 unspecified atom stereocenters. The molecule has 1 nitrogen and oxygen atoms in total. The van der Waals surface area contributed by atoms with Gasteiger partial charge in [-0.3, -0.25) is 0 Å². The van der Waals surface area contributed by atoms with Crippen LogP contribution in [0.25, 0.3) is 10.4 Å². The number of nitrogens with one attached hydrogen (secondary N) is 1. The van der Waals surface area contributed by atoms with Gasteiger partial charge >= 0.3 is 0 Å². The van der Waals surface area contributed by atoms with Gasteiger partial charge in [0.05, 0.1) is 0 Å². The molecule has 1 aromatic heterocycles. The van der Waals surface area contributed by atoms with E-state index in [9.17, 15) is 0 Å². The molecule has 0 amide bonds. The molecule has 4 heteroatoms. The molecular formula is C15H17BrClNS. The smallest absolute Gasteiger partial charge is 0.0493 e. The maximum absolute atomic E-state index is 6.27. The monoisotopic (exact) mass is 357 g/mol. The molecule has 19 heavy (non-hydrogen) atoms. The molecule has 1 heterocycles. The molecule has 0 bridgehead atoms. The first-order valence-electron chi connectivity index (χ1n) is 6.40. The highest BCUT2D eigenvalue weighted by Crippen LogP contribution is 2.36. The third kappa shape index (κ3) is 3.82. The maximum Gasteiger partial charge on any atom is 0.0493 e. The number of hydrogen-bond donors (Lipinski definition) is 1. The number of thiophene rings is 1. The Hall–Kier alpha value is -0.350. The second-order valence-electron chi connectivity index (χ2n) is 4.50. The predicted octanol–water partition coefficient (Wildman–Crippen LogP) is 5.89. The van der Waals surface area contributed by atoms with Gasteiger partial charge in [-0.2, -0.15) is 0 Å². The number of rotatable bonds is 5. The molecule has 0 saturated carbocycles. The Morgan fingerprint density at radius 3 is 2.84 bits per heavy atom. The molecule has 0 aliphatic carbocycles. The van der Waals surface area contributed by atoms with E-state index in [0.717, 1.165) is 28.0 Å². The lowest BCUT2D eigenvalue weighted by Gasteiger charge is -2.10. The summed E-state index contributed by atoms with van der Waals surface area (Å²) in [5.41, 5.74) is 1.09. The average Bonchev–Trinajstić information content (AvgIpc) is 2.88. The van der Waals surface area contributed by atoms with Gasteiger partial charge in [-0.25, -0.2) is 0 Å². The Morgan fingerprint density at radius 2 is 2.11 bits per heavy atom. The lowest BCUT2D eigenvalue weighted by molar-refractivity contribution is 0.578. The summed E-state index contributed by atoms with van der Waals surface area (Å²) in [6.45, 7) is 5.43. The number of halogens is 2. The quantitative estimate of drug-likeness (QED) is 0.702. The van der Waals surface area contributed by atoms with Gasteiger partial charge in [0.25, 0.3) is 0 Å². The van der Waals surface area contributed by atoms with E-state index < -0.39 is 0 Å². The van der Waals surface area contributed by atoms with E-state index in [4.69, 9.17) is 11.6 Å². The van der Waals surface area contributed by atoms with Gasteiger partial charge in [-0.1, -0.05) is 34.5 Å². The Bertz CT molecular complexity index is 553. The first-order chi connectivity index (χ1) is 9.11. The van der Waals surface area contributed by atoms with Crippen molar-refractivity contribution in [2.75, 3.05) is 6.54 Å². The van der Waals surface area contributed by atoms with Crippen molar-refractivity contribution in [3.05, 3.63) is 44.7 Å². The molecule has 0 aliphatic heterocycles. The summed E-state index contributed by atoms with van der Waals surface area (Å²) in [6, 6.07) is 10.7. The van der Waals surface area contributed by atoms with Crippen LogP contribution >= 0.6 is 38.9 Å². The molecule has 0 spiro atoms. The molecule has 1 aromatic carbocycles. The fourth-order valence-corrected chi connectivity index (χ4v) is 3.58. The normalized spacial score (nSPS) is 12.6. The fourth-order valence-electron chi connectivity index (χ4n) is 1.88. The van der Waals surface area contributed by atoms with Gasteiger partial charge < -0.3 is 5.32 Å². The Morgan fingerprint density at radius 1 is 1.32 bits per heavy atom. The highest BCUT2D eigenvalue weighted by atomic mass is 79.9. The third-order valence-electron chi connectivity index (χ3n) is 2.95. The SMILES string of the molecule is CCCNC(C)c1ccc(-c2cc(Br)ccc2Cl)s1. The molecule has 0 radical (unpaired) electrons. The first kappa shape index (κ1) is 15.0. The van der Waals surface area contributed by atoms with Crippen molar-refractivity contribution in [1.29, 1.82) is 0 Å². The largest absolute Gasteiger partial charge is 0.309 e. The summed E-state index contributed by atoms with van der Waals surface area (Å²) in [6.07, 6.45) is 1.15. The zero-order chi connectivity index (χ0) is 13.8. The molecule has 1 atom stereocenters. The van der Waals surface area contributed by atoms with Crippen molar-refractivity contribution >= 4 is 38.9 Å². The topological polar surface area (TPSA) is 12.0 Å². The van der Waals surface area contributed by atoms with Crippen molar-refractivity contribution < 1.29 is 0 Å². The fraction of sp³-hybridized carbons (Fsp3) is 0.333. The van der Waals surface area contributed by atoms with E-state index in [0.29, 0.717) is 6.04 Å². The molecule has 2 aromatic rings. The highest BCUT2D eigenvalue weighted by molar-refractivity contribution is 9.10. The van der Waals surface area contributed by atoms with Crippen LogP contribution in [-0.2, 0) is 0 Å². The summed E-state index contributed by atoms with van der Waals surface area (Å²) in [7, 11) is 0. The van der Waals surface area contributed by atoms with Gasteiger partial charge in [0.2, 0.25) is 0 Å². The van der Waals surface area contributed by atoms with Gasteiger partial charge in [0, 0.05) is 30.9 Å². The molecule has 1 N–H and O–H groups in total. The van der Waals surface area contributed by atoms with Crippen molar-refractivity contribution in [2.45, 2.75) is 26.3 Å². The van der Waals surface area contributed by atoms with E-state index in [1.54, 1.807) is 11.3 Å². The summed E-state index contributed by atoms with van der Waals surface area (Å²) >= 11 is 11.6. The van der Waals surface area contributed by atoms with Crippen LogP contribution in [0.2, 0.25) is 5.02 Å². The highest BCUT2D eigenvalue weighted by Gasteiger charge is 2.11. The Labute approximate surface area is 132 Å². The van der Waals surface area contributed by atoms with Crippen LogP contribution in [0.1, 0.15) is 31.2 Å². The summed E-state index contributed by atoms with van der Waals surface area (Å²) in [4.78, 5) is 2.56. The lowest BCUT2D eigenvalue weighted by atomic mass is 10.2. The number of benzene rings is 1. The van der Waals surface area contributed by atoms with E-state index in [-0.39, 0.29) is 0 Å². The molecular weight excluding hydrogens is 342 g/mol. The van der Waals surface area contributed by atoms with E-state index in [1.807, 2.05) is 12.1 Å². The molecule has 0 saturated heterocycles. The van der Waals surface area contributed by atoms with Crippen LogP contribution in [0.4, 0.5) is 0 Å².